The van der Waals surface area contributed by atoms with Crippen molar-refractivity contribution in [3.05, 3.63) is 63.9 Å². The van der Waals surface area contributed by atoms with Crippen molar-refractivity contribution in [2.75, 3.05) is 19.7 Å². The molecule has 0 atom stereocenters. The van der Waals surface area contributed by atoms with Crippen molar-refractivity contribution in [2.24, 2.45) is 0 Å². The van der Waals surface area contributed by atoms with Gasteiger partial charge in [0.05, 0.1) is 22.0 Å². The summed E-state index contributed by atoms with van der Waals surface area (Å²) in [5.74, 6) is -0.873. The van der Waals surface area contributed by atoms with E-state index >= 15 is 0 Å². The predicted molar refractivity (Wildman–Crippen MR) is 120 cm³/mol. The minimum absolute atomic E-state index is 0.0542. The fourth-order valence-electron chi connectivity index (χ4n) is 3.39. The lowest BCUT2D eigenvalue weighted by Gasteiger charge is -2.18. The molecule has 0 saturated heterocycles. The third kappa shape index (κ3) is 4.83. The highest BCUT2D eigenvalue weighted by molar-refractivity contribution is 7.89. The molecule has 3 rings (SSSR count). The summed E-state index contributed by atoms with van der Waals surface area (Å²) in [6.07, 6.45) is 0. The number of ether oxygens (including phenoxy) is 2. The molecule has 1 aromatic heterocycles. The highest BCUT2D eigenvalue weighted by Crippen LogP contribution is 2.33. The van der Waals surface area contributed by atoms with E-state index in [9.17, 15) is 23.3 Å². The molecule has 0 aliphatic rings. The number of esters is 1. The van der Waals surface area contributed by atoms with Gasteiger partial charge >= 0.3 is 11.7 Å². The van der Waals surface area contributed by atoms with Crippen LogP contribution in [0.1, 0.15) is 36.9 Å². The van der Waals surface area contributed by atoms with Gasteiger partial charge in [0.2, 0.25) is 15.8 Å². The van der Waals surface area contributed by atoms with Crippen LogP contribution < -0.4 is 4.74 Å². The molecule has 0 radical (unpaired) electrons. The second-order valence-corrected chi connectivity index (χ2v) is 8.83. The summed E-state index contributed by atoms with van der Waals surface area (Å²) in [5.41, 5.74) is 0.307. The number of rotatable bonds is 10. The van der Waals surface area contributed by atoms with Crippen molar-refractivity contribution < 1.29 is 32.0 Å². The Balaban J connectivity index is 1.98. The first-order valence-electron chi connectivity index (χ1n) is 10.3. The minimum Gasteiger partial charge on any atom is -0.482 e. The SMILES string of the molecule is CCOC(=O)c1oc2ccccc2c1COc1ccc(S(=O)(=O)N(CC)CC)cc1[N+](=O)[O-]. The summed E-state index contributed by atoms with van der Waals surface area (Å²) in [4.78, 5) is 23.1. The molecular formula is C22H24N2O8S. The zero-order valence-electron chi connectivity index (χ0n) is 18.4. The molecule has 0 N–H and O–H groups in total. The molecule has 0 amide bonds. The molecule has 0 spiro atoms. The van der Waals surface area contributed by atoms with Crippen LogP contribution in [0.15, 0.2) is 51.8 Å². The summed E-state index contributed by atoms with van der Waals surface area (Å²) in [6, 6.07) is 10.4. The van der Waals surface area contributed by atoms with E-state index in [1.807, 2.05) is 0 Å². The number of hydrogen-bond acceptors (Lipinski definition) is 8. The van der Waals surface area contributed by atoms with Gasteiger partial charge in [-0.05, 0) is 25.1 Å². The highest BCUT2D eigenvalue weighted by Gasteiger charge is 2.27. The Kier molecular flexibility index (Phi) is 7.34. The highest BCUT2D eigenvalue weighted by atomic mass is 32.2. The summed E-state index contributed by atoms with van der Waals surface area (Å²) in [7, 11) is -3.89. The number of carbonyl (C=O) groups excluding carboxylic acids is 1. The molecule has 0 fully saturated rings. The fourth-order valence-corrected chi connectivity index (χ4v) is 4.87. The zero-order chi connectivity index (χ0) is 24.2. The van der Waals surface area contributed by atoms with Crippen molar-refractivity contribution in [1.82, 2.24) is 4.31 Å². The Hall–Kier alpha value is -3.44. The second-order valence-electron chi connectivity index (χ2n) is 6.89. The number of nitrogens with zero attached hydrogens (tertiary/aromatic N) is 2. The lowest BCUT2D eigenvalue weighted by atomic mass is 10.1. The first-order valence-corrected chi connectivity index (χ1v) is 11.8. The standard InChI is InChI=1S/C22H24N2O8S/c1-4-23(5-2)33(28,29)15-11-12-20(18(13-15)24(26)27)31-14-17-16-9-7-8-10-19(16)32-21(17)22(25)30-6-3/h7-13H,4-6,14H2,1-3H3. The van der Waals surface area contributed by atoms with Crippen LogP contribution in [0.25, 0.3) is 11.0 Å². The Morgan fingerprint density at radius 1 is 1.12 bits per heavy atom. The normalized spacial score (nSPS) is 11.6. The average molecular weight is 477 g/mol. The van der Waals surface area contributed by atoms with Crippen molar-refractivity contribution in [1.29, 1.82) is 0 Å². The van der Waals surface area contributed by atoms with Crippen molar-refractivity contribution in [3.8, 4) is 5.75 Å². The van der Waals surface area contributed by atoms with Gasteiger partial charge in [0.15, 0.2) is 5.75 Å². The fraction of sp³-hybridized carbons (Fsp3) is 0.318. The van der Waals surface area contributed by atoms with Gasteiger partial charge in [-0.25, -0.2) is 13.2 Å². The van der Waals surface area contributed by atoms with E-state index in [1.54, 1.807) is 45.0 Å². The number of furan rings is 1. The van der Waals surface area contributed by atoms with E-state index in [2.05, 4.69) is 0 Å². The van der Waals surface area contributed by atoms with Gasteiger partial charge in [0, 0.05) is 24.5 Å². The number of nitro benzene ring substituents is 1. The van der Waals surface area contributed by atoms with Crippen LogP contribution in [0, 0.1) is 10.1 Å². The average Bonchev–Trinajstić information content (AvgIpc) is 3.17. The maximum absolute atomic E-state index is 12.8. The Morgan fingerprint density at radius 3 is 2.45 bits per heavy atom. The van der Waals surface area contributed by atoms with E-state index < -0.39 is 26.6 Å². The second kappa shape index (κ2) is 10.0. The number of benzene rings is 2. The smallest absolute Gasteiger partial charge is 0.374 e. The molecule has 2 aromatic carbocycles. The molecule has 176 valence electrons. The molecule has 0 saturated carbocycles. The summed E-state index contributed by atoms with van der Waals surface area (Å²) in [5, 5.41) is 12.3. The van der Waals surface area contributed by atoms with E-state index in [0.29, 0.717) is 16.5 Å². The first-order chi connectivity index (χ1) is 15.7. The lowest BCUT2D eigenvalue weighted by molar-refractivity contribution is -0.386. The van der Waals surface area contributed by atoms with Crippen LogP contribution in [-0.4, -0.2) is 43.3 Å². The van der Waals surface area contributed by atoms with E-state index in [4.69, 9.17) is 13.9 Å². The van der Waals surface area contributed by atoms with Gasteiger partial charge in [0.25, 0.3) is 0 Å². The van der Waals surface area contributed by atoms with Crippen LogP contribution in [0.5, 0.6) is 5.75 Å². The molecule has 0 aliphatic carbocycles. The largest absolute Gasteiger partial charge is 0.482 e. The molecular weight excluding hydrogens is 452 g/mol. The zero-order valence-corrected chi connectivity index (χ0v) is 19.3. The summed E-state index contributed by atoms with van der Waals surface area (Å²) in [6.45, 7) is 5.41. The van der Waals surface area contributed by atoms with Crippen LogP contribution >= 0.6 is 0 Å². The van der Waals surface area contributed by atoms with Crippen LogP contribution in [0.3, 0.4) is 0 Å². The maximum atomic E-state index is 12.8. The van der Waals surface area contributed by atoms with Crippen LogP contribution in [0.2, 0.25) is 0 Å². The number of hydrogen-bond donors (Lipinski definition) is 0. The molecule has 0 unspecified atom stereocenters. The van der Waals surface area contributed by atoms with Crippen molar-refractivity contribution in [3.63, 3.8) is 0 Å². The number of nitro groups is 1. The van der Waals surface area contributed by atoms with Gasteiger partial charge < -0.3 is 13.9 Å². The molecule has 33 heavy (non-hydrogen) atoms. The van der Waals surface area contributed by atoms with E-state index in [1.165, 1.54) is 16.4 Å². The third-order valence-corrected chi connectivity index (χ3v) is 7.05. The van der Waals surface area contributed by atoms with E-state index in [-0.39, 0.29) is 42.7 Å². The van der Waals surface area contributed by atoms with E-state index in [0.717, 1.165) is 6.07 Å². The van der Waals surface area contributed by atoms with Crippen LogP contribution in [0.4, 0.5) is 5.69 Å². The molecule has 1 heterocycles. The number of sulfonamides is 1. The van der Waals surface area contributed by atoms with Crippen molar-refractivity contribution in [2.45, 2.75) is 32.3 Å². The quantitative estimate of drug-likeness (QED) is 0.243. The van der Waals surface area contributed by atoms with Gasteiger partial charge in [-0.1, -0.05) is 32.0 Å². The first kappa shape index (κ1) is 24.2. The summed E-state index contributed by atoms with van der Waals surface area (Å²) >= 11 is 0. The molecule has 11 heteroatoms. The molecule has 0 aliphatic heterocycles. The molecule has 10 nitrogen and oxygen atoms in total. The third-order valence-electron chi connectivity index (χ3n) is 5.00. The van der Waals surface area contributed by atoms with Crippen molar-refractivity contribution >= 4 is 32.6 Å². The predicted octanol–water partition coefficient (Wildman–Crippen LogP) is 4.13. The van der Waals surface area contributed by atoms with Gasteiger partial charge in [0.1, 0.15) is 12.2 Å². The molecule has 0 bridgehead atoms. The Labute approximate surface area is 190 Å². The van der Waals surface area contributed by atoms with Gasteiger partial charge in [-0.2, -0.15) is 4.31 Å². The topological polar surface area (TPSA) is 129 Å². The van der Waals surface area contributed by atoms with Gasteiger partial charge in [-0.15, -0.1) is 0 Å². The van der Waals surface area contributed by atoms with Crippen LogP contribution in [-0.2, 0) is 21.4 Å². The Bertz CT molecular complexity index is 1280. The number of para-hydroxylation sites is 1. The Morgan fingerprint density at radius 2 is 1.82 bits per heavy atom. The minimum atomic E-state index is -3.89. The number of carbonyl (C=O) groups is 1. The molecule has 3 aromatic rings. The maximum Gasteiger partial charge on any atom is 0.374 e. The summed E-state index contributed by atoms with van der Waals surface area (Å²) < 4.78 is 43.1. The number of fused-ring (bicyclic) bond motifs is 1. The van der Waals surface area contributed by atoms with Gasteiger partial charge in [-0.3, -0.25) is 10.1 Å². The lowest BCUT2D eigenvalue weighted by Crippen LogP contribution is -2.30. The monoisotopic (exact) mass is 476 g/mol.